The molecule has 0 radical (unpaired) electrons. The quantitative estimate of drug-likeness (QED) is 0.207. The fourth-order valence-corrected chi connectivity index (χ4v) is 6.67. The van der Waals surface area contributed by atoms with Crippen LogP contribution in [0.25, 0.3) is 0 Å². The minimum absolute atomic E-state index is 0.0219. The number of unbranched alkanes of at least 4 members (excludes halogenated alkanes) is 2. The van der Waals surface area contributed by atoms with Crippen LogP contribution in [0.2, 0.25) is 0 Å². The highest BCUT2D eigenvalue weighted by atomic mass is 19.2. The van der Waals surface area contributed by atoms with Crippen LogP contribution in [0.5, 0.6) is 5.75 Å². The highest BCUT2D eigenvalue weighted by molar-refractivity contribution is 5.33. The first-order chi connectivity index (χ1) is 18.4. The molecule has 0 bridgehead atoms. The Hall–Kier alpha value is -2.04. The minimum Gasteiger partial charge on any atom is -0.490 e. The fraction of sp³-hybridized carbons (Fsp3) is 0.636. The van der Waals surface area contributed by atoms with Crippen molar-refractivity contribution in [1.82, 2.24) is 0 Å². The van der Waals surface area contributed by atoms with E-state index in [1.54, 1.807) is 24.3 Å². The van der Waals surface area contributed by atoms with Crippen molar-refractivity contribution in [2.45, 2.75) is 116 Å². The first kappa shape index (κ1) is 29.0. The van der Waals surface area contributed by atoms with Crippen LogP contribution in [0.15, 0.2) is 24.3 Å². The van der Waals surface area contributed by atoms with E-state index in [0.717, 1.165) is 70.6 Å². The number of rotatable bonds is 11. The summed E-state index contributed by atoms with van der Waals surface area (Å²) in [4.78, 5) is 0. The molecule has 0 N–H and O–H groups in total. The third-order valence-electron chi connectivity index (χ3n) is 9.06. The molecule has 1 nitrogen and oxygen atoms in total. The monoisotopic (exact) mass is 532 g/mol. The summed E-state index contributed by atoms with van der Waals surface area (Å²) in [5.41, 5.74) is 1.41. The molecule has 38 heavy (non-hydrogen) atoms. The van der Waals surface area contributed by atoms with Gasteiger partial charge in [0.2, 0.25) is 5.82 Å². The molecule has 2 saturated carbocycles. The molecule has 0 spiro atoms. The molecule has 4 rings (SSSR count). The van der Waals surface area contributed by atoms with Crippen LogP contribution >= 0.6 is 0 Å². The van der Waals surface area contributed by atoms with E-state index in [1.165, 1.54) is 12.8 Å². The zero-order chi connectivity index (χ0) is 27.1. The molecule has 0 amide bonds. The number of aryl methyl sites for hydroxylation is 1. The first-order valence-electron chi connectivity index (χ1n) is 15.0. The third kappa shape index (κ3) is 6.93. The molecule has 0 saturated heterocycles. The SMILES string of the molecule is CCCCCc1ccc(C2CCC(COc3ccc(C4CCC(CCC)CC4)c(F)c3F)CC2)c(F)c1F. The second kappa shape index (κ2) is 13.8. The molecule has 2 aliphatic rings. The Kier molecular flexibility index (Phi) is 10.6. The molecule has 5 heteroatoms. The summed E-state index contributed by atoms with van der Waals surface area (Å²) in [7, 11) is 0. The van der Waals surface area contributed by atoms with Crippen LogP contribution in [0.4, 0.5) is 17.6 Å². The molecule has 0 aromatic heterocycles. The number of ether oxygens (including phenoxy) is 1. The van der Waals surface area contributed by atoms with Crippen molar-refractivity contribution >= 4 is 0 Å². The Morgan fingerprint density at radius 1 is 0.632 bits per heavy atom. The Morgan fingerprint density at radius 3 is 1.82 bits per heavy atom. The fourth-order valence-electron chi connectivity index (χ4n) is 6.67. The van der Waals surface area contributed by atoms with Crippen LogP contribution in [0.3, 0.4) is 0 Å². The van der Waals surface area contributed by atoms with Gasteiger partial charge in [0.1, 0.15) is 0 Å². The number of hydrogen-bond acceptors (Lipinski definition) is 1. The summed E-state index contributed by atoms with van der Waals surface area (Å²) < 4.78 is 65.1. The van der Waals surface area contributed by atoms with Crippen molar-refractivity contribution in [3.05, 3.63) is 64.2 Å². The lowest BCUT2D eigenvalue weighted by Crippen LogP contribution is -2.20. The van der Waals surface area contributed by atoms with E-state index in [0.29, 0.717) is 35.6 Å². The second-order valence-corrected chi connectivity index (χ2v) is 11.7. The highest BCUT2D eigenvalue weighted by Crippen LogP contribution is 2.41. The van der Waals surface area contributed by atoms with Gasteiger partial charge in [-0.2, -0.15) is 4.39 Å². The molecule has 2 aliphatic carbocycles. The van der Waals surface area contributed by atoms with Crippen LogP contribution in [-0.4, -0.2) is 6.61 Å². The van der Waals surface area contributed by atoms with Gasteiger partial charge in [0.25, 0.3) is 0 Å². The Labute approximate surface area is 226 Å². The normalized spacial score (nSPS) is 23.9. The molecule has 2 fully saturated rings. The average Bonchev–Trinajstić information content (AvgIpc) is 2.93. The lowest BCUT2D eigenvalue weighted by Gasteiger charge is -2.30. The standard InChI is InChI=1S/C33H44F4O/c1-3-5-6-8-26-17-18-27(31(35)30(26)34)25-15-11-23(12-16-25)21-38-29-20-19-28(32(36)33(29)37)24-13-9-22(7-4-2)10-14-24/h17-20,22-25H,3-16,21H2,1-2H3. The second-order valence-electron chi connectivity index (χ2n) is 11.7. The number of halogens is 4. The van der Waals surface area contributed by atoms with E-state index in [9.17, 15) is 17.6 Å². The number of benzene rings is 2. The molecule has 0 atom stereocenters. The molecule has 0 unspecified atom stereocenters. The summed E-state index contributed by atoms with van der Waals surface area (Å²) in [5, 5.41) is 0. The van der Waals surface area contributed by atoms with Gasteiger partial charge < -0.3 is 4.74 Å². The molecular weight excluding hydrogens is 488 g/mol. The zero-order valence-electron chi connectivity index (χ0n) is 23.1. The van der Waals surface area contributed by atoms with Crippen molar-refractivity contribution in [3.63, 3.8) is 0 Å². The van der Waals surface area contributed by atoms with Crippen molar-refractivity contribution in [2.75, 3.05) is 6.61 Å². The van der Waals surface area contributed by atoms with Gasteiger partial charge in [-0.1, -0.05) is 57.7 Å². The largest absolute Gasteiger partial charge is 0.490 e. The van der Waals surface area contributed by atoms with E-state index in [1.807, 2.05) is 0 Å². The van der Waals surface area contributed by atoms with E-state index >= 15 is 0 Å². The average molecular weight is 533 g/mol. The van der Waals surface area contributed by atoms with Crippen molar-refractivity contribution in [3.8, 4) is 5.75 Å². The molecule has 2 aromatic carbocycles. The van der Waals surface area contributed by atoms with Crippen LogP contribution < -0.4 is 4.74 Å². The molecule has 0 aliphatic heterocycles. The van der Waals surface area contributed by atoms with Gasteiger partial charge in [0.15, 0.2) is 23.2 Å². The van der Waals surface area contributed by atoms with E-state index < -0.39 is 23.3 Å². The third-order valence-corrected chi connectivity index (χ3v) is 9.06. The van der Waals surface area contributed by atoms with Crippen LogP contribution in [0.1, 0.15) is 126 Å². The van der Waals surface area contributed by atoms with Gasteiger partial charge in [-0.3, -0.25) is 0 Å². The lowest BCUT2D eigenvalue weighted by atomic mass is 9.77. The Bertz CT molecular complexity index is 1040. The van der Waals surface area contributed by atoms with Gasteiger partial charge >= 0.3 is 0 Å². The Morgan fingerprint density at radius 2 is 1.21 bits per heavy atom. The van der Waals surface area contributed by atoms with Crippen molar-refractivity contribution in [1.29, 1.82) is 0 Å². The van der Waals surface area contributed by atoms with Gasteiger partial charge in [0, 0.05) is 0 Å². The van der Waals surface area contributed by atoms with Crippen LogP contribution in [-0.2, 0) is 6.42 Å². The molecule has 210 valence electrons. The van der Waals surface area contributed by atoms with Crippen molar-refractivity contribution < 1.29 is 22.3 Å². The van der Waals surface area contributed by atoms with E-state index in [2.05, 4.69) is 13.8 Å². The summed E-state index contributed by atoms with van der Waals surface area (Å²) >= 11 is 0. The zero-order valence-corrected chi connectivity index (χ0v) is 23.1. The molecule has 2 aromatic rings. The smallest absolute Gasteiger partial charge is 0.200 e. The maximum absolute atomic E-state index is 15.0. The summed E-state index contributed by atoms with van der Waals surface area (Å²) in [6.07, 6.45) is 12.9. The van der Waals surface area contributed by atoms with Crippen molar-refractivity contribution in [2.24, 2.45) is 11.8 Å². The molecular formula is C33H44F4O. The maximum Gasteiger partial charge on any atom is 0.200 e. The van der Waals surface area contributed by atoms with Gasteiger partial charge in [-0.25, -0.2) is 13.2 Å². The highest BCUT2D eigenvalue weighted by Gasteiger charge is 2.29. The summed E-state index contributed by atoms with van der Waals surface area (Å²) in [6, 6.07) is 6.80. The summed E-state index contributed by atoms with van der Waals surface area (Å²) in [5.74, 6) is -2.11. The Balaban J connectivity index is 1.28. The lowest BCUT2D eigenvalue weighted by molar-refractivity contribution is 0.191. The maximum atomic E-state index is 15.0. The van der Waals surface area contributed by atoms with E-state index in [4.69, 9.17) is 4.74 Å². The van der Waals surface area contributed by atoms with Crippen LogP contribution in [0, 0.1) is 35.1 Å². The predicted molar refractivity (Wildman–Crippen MR) is 146 cm³/mol. The predicted octanol–water partition coefficient (Wildman–Crippen LogP) is 10.4. The summed E-state index contributed by atoms with van der Waals surface area (Å²) in [6.45, 7) is 4.59. The topological polar surface area (TPSA) is 9.23 Å². The van der Waals surface area contributed by atoms with Gasteiger partial charge in [-0.15, -0.1) is 0 Å². The number of hydrogen-bond donors (Lipinski definition) is 0. The van der Waals surface area contributed by atoms with Gasteiger partial charge in [0.05, 0.1) is 6.61 Å². The minimum atomic E-state index is -0.886. The van der Waals surface area contributed by atoms with Gasteiger partial charge in [-0.05, 0) is 111 Å². The van der Waals surface area contributed by atoms with E-state index in [-0.39, 0.29) is 23.5 Å². The first-order valence-corrected chi connectivity index (χ1v) is 15.0. The molecule has 0 heterocycles.